The molecule has 1 aromatic carbocycles. The number of benzene rings is 1. The minimum atomic E-state index is -0.345. The number of aromatic nitrogens is 2. The minimum absolute atomic E-state index is 0.184. The minimum Gasteiger partial charge on any atom is -0.264 e. The van der Waals surface area contributed by atoms with E-state index in [4.69, 9.17) is 0 Å². The molecule has 0 bridgehead atoms. The highest BCUT2D eigenvalue weighted by molar-refractivity contribution is 5.39. The Morgan fingerprint density at radius 3 is 2.80 bits per heavy atom. The van der Waals surface area contributed by atoms with E-state index in [2.05, 4.69) is 5.10 Å². The van der Waals surface area contributed by atoms with Crippen LogP contribution in [0.15, 0.2) is 42.7 Å². The lowest BCUT2D eigenvalue weighted by Gasteiger charge is -2.05. The van der Waals surface area contributed by atoms with Gasteiger partial charge >= 0.3 is 0 Å². The van der Waals surface area contributed by atoms with E-state index < -0.39 is 0 Å². The molecular formula is C10H9N3O2. The maximum Gasteiger partial charge on any atom is 0.231 e. The van der Waals surface area contributed by atoms with E-state index in [0.717, 1.165) is 5.69 Å². The van der Waals surface area contributed by atoms with Gasteiger partial charge < -0.3 is 0 Å². The molecular weight excluding hydrogens is 194 g/mol. The van der Waals surface area contributed by atoms with Gasteiger partial charge in [0.25, 0.3) is 0 Å². The highest BCUT2D eigenvalue weighted by atomic mass is 16.6. The molecule has 2 aromatic rings. The third kappa shape index (κ3) is 2.01. The van der Waals surface area contributed by atoms with Gasteiger partial charge in [0.1, 0.15) is 0 Å². The number of nitro groups is 1. The summed E-state index contributed by atoms with van der Waals surface area (Å²) in [6, 6.07) is 8.95. The first-order valence-electron chi connectivity index (χ1n) is 4.47. The first kappa shape index (κ1) is 9.39. The maximum absolute atomic E-state index is 10.5. The molecule has 0 aliphatic heterocycles. The fourth-order valence-corrected chi connectivity index (χ4v) is 1.42. The summed E-state index contributed by atoms with van der Waals surface area (Å²) in [4.78, 5) is 10.1. The summed E-state index contributed by atoms with van der Waals surface area (Å²) in [6.07, 6.45) is 3.40. The van der Waals surface area contributed by atoms with Gasteiger partial charge in [0.05, 0.1) is 5.69 Å². The van der Waals surface area contributed by atoms with Crippen LogP contribution in [-0.2, 0) is 6.54 Å². The van der Waals surface area contributed by atoms with Crippen molar-refractivity contribution in [3.05, 3.63) is 58.4 Å². The van der Waals surface area contributed by atoms with Crippen LogP contribution >= 0.6 is 0 Å². The molecule has 0 N–H and O–H groups in total. The fourth-order valence-electron chi connectivity index (χ4n) is 1.42. The molecule has 5 heteroatoms. The molecule has 76 valence electrons. The zero-order valence-electron chi connectivity index (χ0n) is 7.91. The summed E-state index contributed by atoms with van der Waals surface area (Å²) in [5.74, 6) is 0. The van der Waals surface area contributed by atoms with Crippen molar-refractivity contribution in [2.45, 2.75) is 6.54 Å². The van der Waals surface area contributed by atoms with Crippen molar-refractivity contribution in [2.75, 3.05) is 0 Å². The van der Waals surface area contributed by atoms with Crippen LogP contribution in [0.3, 0.4) is 0 Å². The molecule has 15 heavy (non-hydrogen) atoms. The molecule has 0 saturated carbocycles. The summed E-state index contributed by atoms with van der Waals surface area (Å²) in [5, 5.41) is 14.5. The smallest absolute Gasteiger partial charge is 0.231 e. The lowest BCUT2D eigenvalue weighted by atomic mass is 10.2. The third-order valence-electron chi connectivity index (χ3n) is 2.04. The van der Waals surface area contributed by atoms with E-state index in [9.17, 15) is 10.1 Å². The van der Waals surface area contributed by atoms with Crippen molar-refractivity contribution in [1.82, 2.24) is 9.78 Å². The Morgan fingerprint density at radius 2 is 2.13 bits per heavy atom. The summed E-state index contributed by atoms with van der Waals surface area (Å²) in [6.45, 7) is -0.184. The van der Waals surface area contributed by atoms with Crippen molar-refractivity contribution in [2.24, 2.45) is 0 Å². The zero-order chi connectivity index (χ0) is 10.7. The highest BCUT2D eigenvalue weighted by Gasteiger charge is 2.08. The van der Waals surface area contributed by atoms with Gasteiger partial charge in [0.15, 0.2) is 0 Å². The molecule has 0 spiro atoms. The van der Waals surface area contributed by atoms with Crippen LogP contribution < -0.4 is 0 Å². The number of para-hydroxylation sites is 1. The van der Waals surface area contributed by atoms with Crippen molar-refractivity contribution in [3.63, 3.8) is 0 Å². The quantitative estimate of drug-likeness (QED) is 0.562. The molecule has 0 unspecified atom stereocenters. The van der Waals surface area contributed by atoms with Gasteiger partial charge in [-0.05, 0) is 12.1 Å². The molecule has 0 fully saturated rings. The maximum atomic E-state index is 10.5. The second-order valence-corrected chi connectivity index (χ2v) is 3.07. The molecule has 0 aliphatic rings. The molecule has 5 nitrogen and oxygen atoms in total. The Kier molecular flexibility index (Phi) is 2.45. The lowest BCUT2D eigenvalue weighted by Crippen LogP contribution is -2.04. The van der Waals surface area contributed by atoms with Crippen LogP contribution in [0.2, 0.25) is 0 Å². The SMILES string of the molecule is O=[N+]([O-])Cc1ccccc1-n1cccn1. The molecule has 1 heterocycles. The lowest BCUT2D eigenvalue weighted by molar-refractivity contribution is -0.496. The second kappa shape index (κ2) is 3.91. The normalized spacial score (nSPS) is 10.1. The molecule has 0 amide bonds. The first-order chi connectivity index (χ1) is 7.27. The van der Waals surface area contributed by atoms with Crippen molar-refractivity contribution < 1.29 is 4.92 Å². The fraction of sp³-hybridized carbons (Fsp3) is 0.100. The average Bonchev–Trinajstić information content (AvgIpc) is 2.70. The van der Waals surface area contributed by atoms with E-state index in [1.807, 2.05) is 12.1 Å². The second-order valence-electron chi connectivity index (χ2n) is 3.07. The van der Waals surface area contributed by atoms with Gasteiger partial charge in [-0.1, -0.05) is 18.2 Å². The summed E-state index contributed by atoms with van der Waals surface area (Å²) >= 11 is 0. The number of rotatable bonds is 3. The first-order valence-corrected chi connectivity index (χ1v) is 4.47. The van der Waals surface area contributed by atoms with E-state index in [1.165, 1.54) is 0 Å². The molecule has 0 radical (unpaired) electrons. The zero-order valence-corrected chi connectivity index (χ0v) is 7.91. The number of nitrogens with zero attached hydrogens (tertiary/aromatic N) is 3. The van der Waals surface area contributed by atoms with E-state index in [0.29, 0.717) is 5.56 Å². The van der Waals surface area contributed by atoms with E-state index in [-0.39, 0.29) is 11.5 Å². The van der Waals surface area contributed by atoms with Crippen LogP contribution in [0.25, 0.3) is 5.69 Å². The summed E-state index contributed by atoms with van der Waals surface area (Å²) in [7, 11) is 0. The summed E-state index contributed by atoms with van der Waals surface area (Å²) in [5.41, 5.74) is 1.41. The molecule has 0 saturated heterocycles. The molecule has 0 aliphatic carbocycles. The number of hydrogen-bond donors (Lipinski definition) is 0. The largest absolute Gasteiger partial charge is 0.264 e. The summed E-state index contributed by atoms with van der Waals surface area (Å²) < 4.78 is 1.62. The van der Waals surface area contributed by atoms with Crippen LogP contribution in [0.1, 0.15) is 5.56 Å². The Labute approximate surface area is 86.1 Å². The molecule has 1 aromatic heterocycles. The highest BCUT2D eigenvalue weighted by Crippen LogP contribution is 2.13. The van der Waals surface area contributed by atoms with Crippen LogP contribution in [-0.4, -0.2) is 14.7 Å². The van der Waals surface area contributed by atoms with Crippen LogP contribution in [0, 0.1) is 10.1 Å². The van der Waals surface area contributed by atoms with Gasteiger partial charge in [-0.3, -0.25) is 10.1 Å². The number of hydrogen-bond acceptors (Lipinski definition) is 3. The Balaban J connectivity index is 2.42. The van der Waals surface area contributed by atoms with Gasteiger partial charge in [-0.15, -0.1) is 0 Å². The van der Waals surface area contributed by atoms with Crippen molar-refractivity contribution >= 4 is 0 Å². The molecule has 2 rings (SSSR count). The van der Waals surface area contributed by atoms with Gasteiger partial charge in [0.2, 0.25) is 6.54 Å². The van der Waals surface area contributed by atoms with Crippen molar-refractivity contribution in [1.29, 1.82) is 0 Å². The van der Waals surface area contributed by atoms with Crippen LogP contribution in [0.5, 0.6) is 0 Å². The van der Waals surface area contributed by atoms with Crippen molar-refractivity contribution in [3.8, 4) is 5.69 Å². The standard InChI is InChI=1S/C10H9N3O2/c14-13(15)8-9-4-1-2-5-10(9)12-7-3-6-11-12/h1-7H,8H2. The predicted molar refractivity (Wildman–Crippen MR) is 54.3 cm³/mol. The topological polar surface area (TPSA) is 61.0 Å². The Hall–Kier alpha value is -2.17. The van der Waals surface area contributed by atoms with Gasteiger partial charge in [-0.25, -0.2) is 4.68 Å². The van der Waals surface area contributed by atoms with Gasteiger partial charge in [0, 0.05) is 22.9 Å². The predicted octanol–water partition coefficient (Wildman–Crippen LogP) is 1.65. The third-order valence-corrected chi connectivity index (χ3v) is 2.04. The Bertz CT molecular complexity index is 465. The average molecular weight is 203 g/mol. The van der Waals surface area contributed by atoms with E-state index >= 15 is 0 Å². The monoisotopic (exact) mass is 203 g/mol. The van der Waals surface area contributed by atoms with Crippen LogP contribution in [0.4, 0.5) is 0 Å². The van der Waals surface area contributed by atoms with E-state index in [1.54, 1.807) is 35.3 Å². The molecule has 0 atom stereocenters. The Morgan fingerprint density at radius 1 is 1.33 bits per heavy atom. The van der Waals surface area contributed by atoms with Gasteiger partial charge in [-0.2, -0.15) is 5.10 Å².